The molecule has 0 saturated heterocycles. The number of nitrogens with one attached hydrogen (secondary N) is 2. The maximum atomic E-state index is 11.5. The second kappa shape index (κ2) is 8.74. The van der Waals surface area contributed by atoms with Crippen molar-refractivity contribution < 1.29 is 9.59 Å². The van der Waals surface area contributed by atoms with E-state index in [-0.39, 0.29) is 43.4 Å². The van der Waals surface area contributed by atoms with Gasteiger partial charge < -0.3 is 16.4 Å². The van der Waals surface area contributed by atoms with Crippen LogP contribution in [0.15, 0.2) is 24.3 Å². The number of carbonyl (C=O) groups is 2. The normalized spacial score (nSPS) is 11.1. The molecule has 1 aromatic rings. The zero-order valence-electron chi connectivity index (χ0n) is 10.5. The summed E-state index contributed by atoms with van der Waals surface area (Å²) in [5, 5.41) is 5.73. The Morgan fingerprint density at radius 3 is 2.53 bits per heavy atom. The molecule has 7 heteroatoms. The lowest BCUT2D eigenvalue weighted by Gasteiger charge is -2.15. The summed E-state index contributed by atoms with van der Waals surface area (Å²) in [4.78, 5) is 22.4. The molecule has 106 valence electrons. The van der Waals surface area contributed by atoms with E-state index < -0.39 is 0 Å². The van der Waals surface area contributed by atoms with Gasteiger partial charge in [-0.2, -0.15) is 0 Å². The lowest BCUT2D eigenvalue weighted by Crippen LogP contribution is -2.40. The minimum Gasteiger partial charge on any atom is -0.348 e. The van der Waals surface area contributed by atoms with E-state index in [4.69, 9.17) is 17.3 Å². The number of carbonyl (C=O) groups excluding carboxylic acids is 2. The van der Waals surface area contributed by atoms with E-state index in [0.717, 1.165) is 5.56 Å². The van der Waals surface area contributed by atoms with E-state index in [9.17, 15) is 9.59 Å². The molecule has 0 saturated carbocycles. The van der Waals surface area contributed by atoms with Crippen LogP contribution in [0.2, 0.25) is 5.02 Å². The van der Waals surface area contributed by atoms with E-state index in [0.29, 0.717) is 5.02 Å². The van der Waals surface area contributed by atoms with Gasteiger partial charge in [0.1, 0.15) is 0 Å². The summed E-state index contributed by atoms with van der Waals surface area (Å²) in [6.45, 7) is 1.60. The fourth-order valence-electron chi connectivity index (χ4n) is 1.45. The third-order valence-corrected chi connectivity index (χ3v) is 2.72. The van der Waals surface area contributed by atoms with Crippen molar-refractivity contribution in [2.75, 3.05) is 13.1 Å². The summed E-state index contributed by atoms with van der Waals surface area (Å²) < 4.78 is 0. The molecule has 2 amide bonds. The van der Waals surface area contributed by atoms with E-state index in [1.54, 1.807) is 6.07 Å². The van der Waals surface area contributed by atoms with Crippen molar-refractivity contribution in [3.8, 4) is 0 Å². The third kappa shape index (κ3) is 5.92. The quantitative estimate of drug-likeness (QED) is 0.759. The Morgan fingerprint density at radius 2 is 1.95 bits per heavy atom. The minimum atomic E-state index is -0.365. The van der Waals surface area contributed by atoms with Gasteiger partial charge in [0, 0.05) is 5.02 Å². The van der Waals surface area contributed by atoms with E-state index >= 15 is 0 Å². The summed E-state index contributed by atoms with van der Waals surface area (Å²) >= 11 is 6.01. The number of amides is 2. The number of rotatable bonds is 5. The molecule has 0 aliphatic heterocycles. The molecule has 0 bridgehead atoms. The zero-order valence-corrected chi connectivity index (χ0v) is 12.1. The van der Waals surface area contributed by atoms with Crippen molar-refractivity contribution >= 4 is 35.8 Å². The summed E-state index contributed by atoms with van der Waals surface area (Å²) in [6.07, 6.45) is 0. The van der Waals surface area contributed by atoms with Crippen LogP contribution in [0.5, 0.6) is 0 Å². The fourth-order valence-corrected chi connectivity index (χ4v) is 1.75. The molecule has 0 heterocycles. The number of benzene rings is 1. The van der Waals surface area contributed by atoms with Gasteiger partial charge in [0.25, 0.3) is 0 Å². The molecule has 0 aromatic heterocycles. The number of nitrogens with two attached hydrogens (primary N) is 1. The fraction of sp³-hybridized carbons (Fsp3) is 0.333. The lowest BCUT2D eigenvalue weighted by atomic mass is 10.1. The van der Waals surface area contributed by atoms with Crippen LogP contribution in [-0.2, 0) is 9.59 Å². The van der Waals surface area contributed by atoms with Crippen LogP contribution in [0.3, 0.4) is 0 Å². The van der Waals surface area contributed by atoms with Crippen LogP contribution in [0.1, 0.15) is 18.5 Å². The third-order valence-electron chi connectivity index (χ3n) is 2.38. The molecular formula is C12H17Cl2N3O2. The average molecular weight is 306 g/mol. The predicted molar refractivity (Wildman–Crippen MR) is 77.3 cm³/mol. The molecular weight excluding hydrogens is 289 g/mol. The van der Waals surface area contributed by atoms with Crippen molar-refractivity contribution in [1.82, 2.24) is 10.6 Å². The highest BCUT2D eigenvalue weighted by Crippen LogP contribution is 2.21. The first-order valence-corrected chi connectivity index (χ1v) is 5.93. The first-order chi connectivity index (χ1) is 8.54. The van der Waals surface area contributed by atoms with E-state index in [1.807, 2.05) is 25.1 Å². The SMILES string of the molecule is CC(NC(=O)CNC(=O)CN)c1ccccc1Cl.Cl. The Hall–Kier alpha value is -1.30. The highest BCUT2D eigenvalue weighted by molar-refractivity contribution is 6.31. The van der Waals surface area contributed by atoms with Gasteiger partial charge in [-0.25, -0.2) is 0 Å². The van der Waals surface area contributed by atoms with Crippen molar-refractivity contribution in [3.63, 3.8) is 0 Å². The number of hydrogen-bond donors (Lipinski definition) is 3. The Kier molecular flexibility index (Phi) is 8.14. The summed E-state index contributed by atoms with van der Waals surface area (Å²) in [5.41, 5.74) is 5.94. The smallest absolute Gasteiger partial charge is 0.239 e. The second-order valence-corrected chi connectivity index (χ2v) is 4.20. The molecule has 0 radical (unpaired) electrons. The van der Waals surface area contributed by atoms with Crippen molar-refractivity contribution in [3.05, 3.63) is 34.9 Å². The van der Waals surface area contributed by atoms with Gasteiger partial charge in [0.05, 0.1) is 19.1 Å². The van der Waals surface area contributed by atoms with Gasteiger partial charge in [-0.3, -0.25) is 9.59 Å². The van der Waals surface area contributed by atoms with E-state index in [1.165, 1.54) is 0 Å². The molecule has 5 nitrogen and oxygen atoms in total. The molecule has 1 aromatic carbocycles. The predicted octanol–water partition coefficient (Wildman–Crippen LogP) is 1.01. The van der Waals surface area contributed by atoms with Gasteiger partial charge in [-0.1, -0.05) is 29.8 Å². The minimum absolute atomic E-state index is 0. The Bertz CT molecular complexity index is 441. The van der Waals surface area contributed by atoms with Crippen LogP contribution < -0.4 is 16.4 Å². The number of hydrogen-bond acceptors (Lipinski definition) is 3. The second-order valence-electron chi connectivity index (χ2n) is 3.79. The van der Waals surface area contributed by atoms with Gasteiger partial charge in [-0.05, 0) is 18.6 Å². The molecule has 0 aliphatic rings. The molecule has 0 spiro atoms. The van der Waals surface area contributed by atoms with Crippen molar-refractivity contribution in [2.24, 2.45) is 5.73 Å². The van der Waals surface area contributed by atoms with Gasteiger partial charge in [-0.15, -0.1) is 12.4 Å². The van der Waals surface area contributed by atoms with Crippen LogP contribution in [0.25, 0.3) is 0 Å². The van der Waals surface area contributed by atoms with Crippen LogP contribution >= 0.6 is 24.0 Å². The Labute approximate surface area is 123 Å². The molecule has 1 unspecified atom stereocenters. The van der Waals surface area contributed by atoms with Crippen LogP contribution in [0.4, 0.5) is 0 Å². The first-order valence-electron chi connectivity index (χ1n) is 5.55. The molecule has 1 rings (SSSR count). The van der Waals surface area contributed by atoms with Gasteiger partial charge >= 0.3 is 0 Å². The molecule has 1 atom stereocenters. The largest absolute Gasteiger partial charge is 0.348 e. The summed E-state index contributed by atoms with van der Waals surface area (Å²) in [6, 6.07) is 7.05. The first kappa shape index (κ1) is 17.7. The molecule has 0 fully saturated rings. The molecule has 19 heavy (non-hydrogen) atoms. The monoisotopic (exact) mass is 305 g/mol. The average Bonchev–Trinajstić information content (AvgIpc) is 2.36. The standard InChI is InChI=1S/C12H16ClN3O2.ClH/c1-8(9-4-2-3-5-10(9)13)16-12(18)7-15-11(17)6-14;/h2-5,8H,6-7,14H2,1H3,(H,15,17)(H,16,18);1H. The highest BCUT2D eigenvalue weighted by Gasteiger charge is 2.12. The van der Waals surface area contributed by atoms with Crippen molar-refractivity contribution in [2.45, 2.75) is 13.0 Å². The topological polar surface area (TPSA) is 84.2 Å². The van der Waals surface area contributed by atoms with Crippen molar-refractivity contribution in [1.29, 1.82) is 0 Å². The summed E-state index contributed by atoms with van der Waals surface area (Å²) in [5.74, 6) is -0.653. The van der Waals surface area contributed by atoms with Gasteiger partial charge in [0.2, 0.25) is 11.8 Å². The molecule has 4 N–H and O–H groups in total. The Morgan fingerprint density at radius 1 is 1.32 bits per heavy atom. The highest BCUT2D eigenvalue weighted by atomic mass is 35.5. The van der Waals surface area contributed by atoms with Crippen LogP contribution in [-0.4, -0.2) is 24.9 Å². The maximum absolute atomic E-state index is 11.5. The zero-order chi connectivity index (χ0) is 13.5. The van der Waals surface area contributed by atoms with E-state index in [2.05, 4.69) is 10.6 Å². The number of halogens is 2. The van der Waals surface area contributed by atoms with Gasteiger partial charge in [0.15, 0.2) is 0 Å². The molecule has 0 aliphatic carbocycles. The Balaban J connectivity index is 0.00000324. The lowest BCUT2D eigenvalue weighted by molar-refractivity contribution is -0.125. The van der Waals surface area contributed by atoms with Crippen LogP contribution in [0, 0.1) is 0 Å². The maximum Gasteiger partial charge on any atom is 0.239 e. The summed E-state index contributed by atoms with van der Waals surface area (Å²) in [7, 11) is 0.